The molecule has 8 nitrogen and oxygen atoms in total. The van der Waals surface area contributed by atoms with E-state index in [4.69, 9.17) is 5.11 Å². The lowest BCUT2D eigenvalue weighted by molar-refractivity contribution is -0.127. The van der Waals surface area contributed by atoms with Gasteiger partial charge in [0.15, 0.2) is 0 Å². The fourth-order valence-corrected chi connectivity index (χ4v) is 3.30. The number of anilines is 1. The fraction of sp³-hybridized carbons (Fsp3) is 0.0526. The maximum absolute atomic E-state index is 12.4. The second-order valence-corrected chi connectivity index (χ2v) is 6.76. The van der Waals surface area contributed by atoms with E-state index in [0.717, 1.165) is 34.4 Å². The van der Waals surface area contributed by atoms with Crippen LogP contribution >= 0.6 is 11.8 Å². The number of carbonyl (C=O) groups excluding carboxylic acids is 3. The molecule has 1 aliphatic heterocycles. The number of phenols is 1. The van der Waals surface area contributed by atoms with Crippen molar-refractivity contribution in [2.45, 2.75) is 0 Å². The van der Waals surface area contributed by atoms with E-state index in [1.165, 1.54) is 6.07 Å². The van der Waals surface area contributed by atoms with Gasteiger partial charge in [0.2, 0.25) is 5.91 Å². The van der Waals surface area contributed by atoms with Gasteiger partial charge >= 0.3 is 5.97 Å². The van der Waals surface area contributed by atoms with E-state index in [1.54, 1.807) is 30.3 Å². The monoisotopic (exact) mass is 398 g/mol. The lowest BCUT2D eigenvalue weighted by Gasteiger charge is -2.13. The first-order chi connectivity index (χ1) is 13.3. The van der Waals surface area contributed by atoms with Crippen molar-refractivity contribution in [1.29, 1.82) is 0 Å². The minimum absolute atomic E-state index is 0.118. The minimum atomic E-state index is -1.36. The predicted octanol–water partition coefficient (Wildman–Crippen LogP) is 2.77. The molecular formula is C19H14N2O6S. The molecule has 28 heavy (non-hydrogen) atoms. The molecule has 0 saturated carbocycles. The van der Waals surface area contributed by atoms with Crippen LogP contribution in [0.1, 0.15) is 15.9 Å². The number of hydrogen-bond donors (Lipinski definition) is 3. The van der Waals surface area contributed by atoms with Crippen molar-refractivity contribution in [3.05, 3.63) is 64.6 Å². The van der Waals surface area contributed by atoms with Crippen LogP contribution in [0.25, 0.3) is 6.08 Å². The number of carboxylic acid groups (broad SMARTS) is 1. The number of aromatic hydroxyl groups is 1. The summed E-state index contributed by atoms with van der Waals surface area (Å²) in [5, 5.41) is 20.3. The number of amides is 3. The quantitative estimate of drug-likeness (QED) is 0.522. The molecule has 3 rings (SSSR count). The third kappa shape index (κ3) is 4.21. The summed E-state index contributed by atoms with van der Waals surface area (Å²) >= 11 is 0.741. The molecule has 0 radical (unpaired) electrons. The number of thioether (sulfide) groups is 1. The van der Waals surface area contributed by atoms with Crippen LogP contribution in [0.15, 0.2) is 53.4 Å². The van der Waals surface area contributed by atoms with E-state index in [-0.39, 0.29) is 16.2 Å². The highest BCUT2D eigenvalue weighted by molar-refractivity contribution is 8.18. The molecule has 0 atom stereocenters. The molecule has 9 heteroatoms. The zero-order valence-corrected chi connectivity index (χ0v) is 15.1. The Morgan fingerprint density at radius 3 is 2.50 bits per heavy atom. The Hall–Kier alpha value is -3.59. The summed E-state index contributed by atoms with van der Waals surface area (Å²) in [6.07, 6.45) is 1.57. The van der Waals surface area contributed by atoms with Crippen molar-refractivity contribution in [3.8, 4) is 5.75 Å². The normalized spacial score (nSPS) is 15.1. The van der Waals surface area contributed by atoms with Crippen molar-refractivity contribution in [2.75, 3.05) is 11.9 Å². The molecular weight excluding hydrogens is 384 g/mol. The molecule has 1 heterocycles. The molecule has 0 spiro atoms. The summed E-state index contributed by atoms with van der Waals surface area (Å²) in [7, 11) is 0. The summed E-state index contributed by atoms with van der Waals surface area (Å²) in [5.41, 5.74) is 0.490. The average molecular weight is 398 g/mol. The third-order valence-corrected chi connectivity index (χ3v) is 4.69. The van der Waals surface area contributed by atoms with Crippen LogP contribution in [0.5, 0.6) is 5.75 Å². The zero-order valence-electron chi connectivity index (χ0n) is 14.3. The maximum atomic E-state index is 12.4. The van der Waals surface area contributed by atoms with E-state index >= 15 is 0 Å². The Bertz CT molecular complexity index is 1000. The van der Waals surface area contributed by atoms with Crippen LogP contribution in [0.3, 0.4) is 0 Å². The average Bonchev–Trinajstić information content (AvgIpc) is 2.91. The molecule has 0 bridgehead atoms. The van der Waals surface area contributed by atoms with Gasteiger partial charge in [0.05, 0.1) is 4.91 Å². The SMILES string of the molecule is O=C(CN1C(=O)S/C(=C\c2ccccc2)C1=O)Nc1ccc(O)c(C(=O)O)c1. The first-order valence-electron chi connectivity index (χ1n) is 8.02. The molecule has 142 valence electrons. The van der Waals surface area contributed by atoms with Gasteiger partial charge in [-0.1, -0.05) is 30.3 Å². The third-order valence-electron chi connectivity index (χ3n) is 3.78. The smallest absolute Gasteiger partial charge is 0.339 e. The number of imide groups is 1. The molecule has 1 fully saturated rings. The van der Waals surface area contributed by atoms with Gasteiger partial charge in [-0.15, -0.1) is 0 Å². The number of hydrogen-bond acceptors (Lipinski definition) is 6. The highest BCUT2D eigenvalue weighted by Crippen LogP contribution is 2.32. The van der Waals surface area contributed by atoms with Crippen molar-refractivity contribution >= 4 is 46.5 Å². The van der Waals surface area contributed by atoms with E-state index in [1.807, 2.05) is 6.07 Å². The molecule has 0 aromatic heterocycles. The number of aromatic carboxylic acids is 1. The molecule has 1 saturated heterocycles. The van der Waals surface area contributed by atoms with Gasteiger partial charge in [0.25, 0.3) is 11.1 Å². The van der Waals surface area contributed by atoms with E-state index in [0.29, 0.717) is 0 Å². The topological polar surface area (TPSA) is 124 Å². The Labute approximate surface area is 163 Å². The fourth-order valence-electron chi connectivity index (χ4n) is 2.47. The molecule has 0 aliphatic carbocycles. The Morgan fingerprint density at radius 2 is 1.82 bits per heavy atom. The summed E-state index contributed by atoms with van der Waals surface area (Å²) in [4.78, 5) is 48.8. The van der Waals surface area contributed by atoms with Gasteiger partial charge < -0.3 is 15.5 Å². The first-order valence-corrected chi connectivity index (χ1v) is 8.83. The number of carbonyl (C=O) groups is 4. The number of carboxylic acids is 1. The van der Waals surface area contributed by atoms with Crippen molar-refractivity contribution in [2.24, 2.45) is 0 Å². The number of nitrogens with zero attached hydrogens (tertiary/aromatic N) is 1. The van der Waals surface area contributed by atoms with E-state index in [9.17, 15) is 24.3 Å². The summed E-state index contributed by atoms with van der Waals surface area (Å²) < 4.78 is 0. The molecule has 2 aromatic carbocycles. The van der Waals surface area contributed by atoms with Crippen LogP contribution in [0, 0.1) is 0 Å². The van der Waals surface area contributed by atoms with Crippen molar-refractivity contribution < 1.29 is 29.4 Å². The lowest BCUT2D eigenvalue weighted by atomic mass is 10.2. The highest BCUT2D eigenvalue weighted by Gasteiger charge is 2.36. The Kier molecular flexibility index (Phi) is 5.46. The second-order valence-electron chi connectivity index (χ2n) is 5.76. The zero-order chi connectivity index (χ0) is 20.3. The van der Waals surface area contributed by atoms with Gasteiger partial charge in [-0.05, 0) is 41.6 Å². The van der Waals surface area contributed by atoms with Crippen molar-refractivity contribution in [3.63, 3.8) is 0 Å². The van der Waals surface area contributed by atoms with Gasteiger partial charge in [-0.3, -0.25) is 19.3 Å². The van der Waals surface area contributed by atoms with E-state index < -0.39 is 35.3 Å². The number of rotatable bonds is 5. The molecule has 0 unspecified atom stereocenters. The highest BCUT2D eigenvalue weighted by atomic mass is 32.2. The largest absolute Gasteiger partial charge is 0.507 e. The summed E-state index contributed by atoms with van der Waals surface area (Å²) in [6.45, 7) is -0.514. The van der Waals surface area contributed by atoms with Crippen molar-refractivity contribution in [1.82, 2.24) is 4.90 Å². The second kappa shape index (κ2) is 7.97. The Morgan fingerprint density at radius 1 is 1.11 bits per heavy atom. The minimum Gasteiger partial charge on any atom is -0.507 e. The Balaban J connectivity index is 1.70. The predicted molar refractivity (Wildman–Crippen MR) is 103 cm³/mol. The van der Waals surface area contributed by atoms with Crippen LogP contribution < -0.4 is 5.32 Å². The van der Waals surface area contributed by atoms with Gasteiger partial charge in [-0.2, -0.15) is 0 Å². The first kappa shape index (κ1) is 19.2. The number of nitrogens with one attached hydrogen (secondary N) is 1. The lowest BCUT2D eigenvalue weighted by Crippen LogP contribution is -2.36. The van der Waals surface area contributed by atoms with Gasteiger partial charge in [0.1, 0.15) is 17.9 Å². The van der Waals surface area contributed by atoms with Gasteiger partial charge in [0, 0.05) is 5.69 Å². The van der Waals surface area contributed by atoms with E-state index in [2.05, 4.69) is 5.32 Å². The molecule has 2 aromatic rings. The summed E-state index contributed by atoms with van der Waals surface area (Å²) in [6, 6.07) is 12.5. The van der Waals surface area contributed by atoms with Crippen LogP contribution in [-0.2, 0) is 9.59 Å². The maximum Gasteiger partial charge on any atom is 0.339 e. The van der Waals surface area contributed by atoms with Crippen LogP contribution in [-0.4, -0.2) is 44.7 Å². The van der Waals surface area contributed by atoms with Gasteiger partial charge in [-0.25, -0.2) is 4.79 Å². The summed E-state index contributed by atoms with van der Waals surface area (Å²) in [5.74, 6) is -3.05. The van der Waals surface area contributed by atoms with Crippen LogP contribution in [0.2, 0.25) is 0 Å². The van der Waals surface area contributed by atoms with Crippen LogP contribution in [0.4, 0.5) is 10.5 Å². The molecule has 3 amide bonds. The number of benzene rings is 2. The standard InChI is InChI=1S/C19H14N2O6S/c22-14-7-6-12(9-13(14)18(25)26)20-16(23)10-21-17(24)15(28-19(21)27)8-11-4-2-1-3-5-11/h1-9,22H,10H2,(H,20,23)(H,25,26)/b15-8-. The molecule has 3 N–H and O–H groups in total. The molecule has 1 aliphatic rings.